The van der Waals surface area contributed by atoms with Crippen LogP contribution in [0.3, 0.4) is 0 Å². The second-order valence-electron chi connectivity index (χ2n) is 7.68. The summed E-state index contributed by atoms with van der Waals surface area (Å²) in [6, 6.07) is 15.9. The van der Waals surface area contributed by atoms with Gasteiger partial charge in [-0.25, -0.2) is 4.79 Å². The van der Waals surface area contributed by atoms with Gasteiger partial charge in [0, 0.05) is 24.2 Å². The number of ether oxygens (including phenoxy) is 1. The van der Waals surface area contributed by atoms with E-state index < -0.39 is 0 Å². The Morgan fingerprint density at radius 3 is 2.64 bits per heavy atom. The molecule has 0 radical (unpaired) electrons. The van der Waals surface area contributed by atoms with E-state index in [0.29, 0.717) is 6.61 Å². The molecule has 1 fully saturated rings. The summed E-state index contributed by atoms with van der Waals surface area (Å²) in [6.45, 7) is 4.20. The Balaban J connectivity index is 1.28. The number of hydrogen-bond donors (Lipinski definition) is 2. The van der Waals surface area contributed by atoms with Crippen molar-refractivity contribution in [2.24, 2.45) is 0 Å². The number of benzene rings is 2. The molecule has 0 aromatic heterocycles. The number of anilines is 1. The van der Waals surface area contributed by atoms with Crippen molar-refractivity contribution in [3.8, 4) is 5.75 Å². The third kappa shape index (κ3) is 4.84. The van der Waals surface area contributed by atoms with Gasteiger partial charge >= 0.3 is 6.03 Å². The molecule has 0 aliphatic carbocycles. The fourth-order valence-corrected chi connectivity index (χ4v) is 4.04. The monoisotopic (exact) mass is 379 g/mol. The average Bonchev–Trinajstić information content (AvgIpc) is 2.74. The Hall–Kier alpha value is -2.53. The Labute approximate surface area is 167 Å². The minimum absolute atomic E-state index is 0.0197. The lowest BCUT2D eigenvalue weighted by Gasteiger charge is -2.26. The minimum atomic E-state index is -0.178. The van der Waals surface area contributed by atoms with E-state index in [-0.39, 0.29) is 12.1 Å². The molecule has 2 aliphatic rings. The van der Waals surface area contributed by atoms with Crippen molar-refractivity contribution >= 4 is 11.7 Å². The summed E-state index contributed by atoms with van der Waals surface area (Å²) in [7, 11) is 0. The van der Waals surface area contributed by atoms with Gasteiger partial charge in [-0.3, -0.25) is 0 Å². The minimum Gasteiger partial charge on any atom is -0.493 e. The SMILES string of the molecule is O=C(Nc1ccc(CCN2CCCCC2)cc1)NC1CCOc2ccccc21. The maximum Gasteiger partial charge on any atom is 0.319 e. The summed E-state index contributed by atoms with van der Waals surface area (Å²) in [6.07, 6.45) is 5.87. The number of para-hydroxylation sites is 1. The molecule has 5 nitrogen and oxygen atoms in total. The Kier molecular flexibility index (Phi) is 6.12. The van der Waals surface area contributed by atoms with Crippen LogP contribution in [0, 0.1) is 0 Å². The lowest BCUT2D eigenvalue weighted by Crippen LogP contribution is -2.35. The van der Waals surface area contributed by atoms with Crippen LogP contribution in [0.1, 0.15) is 42.9 Å². The van der Waals surface area contributed by atoms with E-state index in [1.54, 1.807) is 0 Å². The smallest absolute Gasteiger partial charge is 0.319 e. The Bertz CT molecular complexity index is 785. The van der Waals surface area contributed by atoms with Crippen LogP contribution in [-0.4, -0.2) is 37.2 Å². The van der Waals surface area contributed by atoms with Crippen LogP contribution in [0.5, 0.6) is 5.75 Å². The summed E-state index contributed by atoms with van der Waals surface area (Å²) in [5.74, 6) is 0.858. The molecule has 2 N–H and O–H groups in total. The molecule has 28 heavy (non-hydrogen) atoms. The number of nitrogens with one attached hydrogen (secondary N) is 2. The summed E-state index contributed by atoms with van der Waals surface area (Å²) in [4.78, 5) is 15.0. The molecule has 0 bridgehead atoms. The third-order valence-corrected chi connectivity index (χ3v) is 5.64. The van der Waals surface area contributed by atoms with Crippen LogP contribution in [0.4, 0.5) is 10.5 Å². The number of amides is 2. The first-order valence-electron chi connectivity index (χ1n) is 10.4. The van der Waals surface area contributed by atoms with Gasteiger partial charge in [-0.15, -0.1) is 0 Å². The summed E-state index contributed by atoms with van der Waals surface area (Å²) < 4.78 is 5.66. The van der Waals surface area contributed by atoms with Gasteiger partial charge in [-0.2, -0.15) is 0 Å². The van der Waals surface area contributed by atoms with E-state index in [9.17, 15) is 4.79 Å². The van der Waals surface area contributed by atoms with Crippen molar-refractivity contribution in [2.75, 3.05) is 31.6 Å². The fourth-order valence-electron chi connectivity index (χ4n) is 4.04. The molecule has 2 aromatic rings. The maximum absolute atomic E-state index is 12.4. The topological polar surface area (TPSA) is 53.6 Å². The van der Waals surface area contributed by atoms with Crippen molar-refractivity contribution in [1.82, 2.24) is 10.2 Å². The average molecular weight is 380 g/mol. The molecule has 148 valence electrons. The van der Waals surface area contributed by atoms with Crippen molar-refractivity contribution in [3.63, 3.8) is 0 Å². The first-order chi connectivity index (χ1) is 13.8. The van der Waals surface area contributed by atoms with Crippen molar-refractivity contribution < 1.29 is 9.53 Å². The number of likely N-dealkylation sites (tertiary alicyclic amines) is 1. The fraction of sp³-hybridized carbons (Fsp3) is 0.435. The Morgan fingerprint density at radius 2 is 1.82 bits per heavy atom. The lowest BCUT2D eigenvalue weighted by atomic mass is 10.0. The number of nitrogens with zero attached hydrogens (tertiary/aromatic N) is 1. The first kappa shape index (κ1) is 18.8. The number of piperidine rings is 1. The van der Waals surface area contributed by atoms with Crippen LogP contribution in [0.15, 0.2) is 48.5 Å². The van der Waals surface area contributed by atoms with Crippen molar-refractivity contribution in [3.05, 3.63) is 59.7 Å². The molecular formula is C23H29N3O2. The second kappa shape index (κ2) is 9.11. The summed E-state index contributed by atoms with van der Waals surface area (Å²) in [5.41, 5.74) is 3.17. The van der Waals surface area contributed by atoms with Crippen LogP contribution >= 0.6 is 0 Å². The Morgan fingerprint density at radius 1 is 1.04 bits per heavy atom. The molecule has 5 heteroatoms. The number of fused-ring (bicyclic) bond motifs is 1. The van der Waals surface area contributed by atoms with Gasteiger partial charge in [-0.1, -0.05) is 36.8 Å². The molecular weight excluding hydrogens is 350 g/mol. The number of rotatable bonds is 5. The van der Waals surface area contributed by atoms with Gasteiger partial charge in [0.25, 0.3) is 0 Å². The molecule has 1 saturated heterocycles. The van der Waals surface area contributed by atoms with Gasteiger partial charge in [0.1, 0.15) is 5.75 Å². The molecule has 0 spiro atoms. The van der Waals surface area contributed by atoms with E-state index in [1.807, 2.05) is 36.4 Å². The first-order valence-corrected chi connectivity index (χ1v) is 10.4. The predicted molar refractivity (Wildman–Crippen MR) is 112 cm³/mol. The summed E-state index contributed by atoms with van der Waals surface area (Å²) in [5, 5.41) is 6.02. The van der Waals surface area contributed by atoms with E-state index in [2.05, 4.69) is 27.7 Å². The van der Waals surface area contributed by atoms with E-state index in [4.69, 9.17) is 4.74 Å². The van der Waals surface area contributed by atoms with Gasteiger partial charge in [-0.05, 0) is 56.1 Å². The van der Waals surface area contributed by atoms with E-state index in [0.717, 1.165) is 36.4 Å². The molecule has 2 heterocycles. The molecule has 2 aromatic carbocycles. The maximum atomic E-state index is 12.4. The zero-order valence-corrected chi connectivity index (χ0v) is 16.3. The van der Waals surface area contributed by atoms with Gasteiger partial charge in [0.05, 0.1) is 12.6 Å². The van der Waals surface area contributed by atoms with E-state index in [1.165, 1.54) is 37.9 Å². The highest BCUT2D eigenvalue weighted by Gasteiger charge is 2.22. The van der Waals surface area contributed by atoms with Gasteiger partial charge in [0.2, 0.25) is 0 Å². The third-order valence-electron chi connectivity index (χ3n) is 5.64. The number of hydrogen-bond acceptors (Lipinski definition) is 3. The van der Waals surface area contributed by atoms with Crippen LogP contribution < -0.4 is 15.4 Å². The second-order valence-corrected chi connectivity index (χ2v) is 7.68. The van der Waals surface area contributed by atoms with Crippen LogP contribution in [0.25, 0.3) is 0 Å². The highest BCUT2D eigenvalue weighted by molar-refractivity contribution is 5.89. The zero-order chi connectivity index (χ0) is 19.2. The standard InChI is InChI=1S/C23H29N3O2/c27-23(25-21-13-17-28-22-7-3-2-6-20(21)22)24-19-10-8-18(9-11-19)12-16-26-14-4-1-5-15-26/h2-3,6-11,21H,1,4-5,12-17H2,(H2,24,25,27). The largest absolute Gasteiger partial charge is 0.493 e. The quantitative estimate of drug-likeness (QED) is 0.812. The van der Waals surface area contributed by atoms with E-state index >= 15 is 0 Å². The number of urea groups is 1. The van der Waals surface area contributed by atoms with Crippen LogP contribution in [0.2, 0.25) is 0 Å². The van der Waals surface area contributed by atoms with Crippen molar-refractivity contribution in [1.29, 1.82) is 0 Å². The van der Waals surface area contributed by atoms with Gasteiger partial charge < -0.3 is 20.3 Å². The molecule has 2 amide bonds. The lowest BCUT2D eigenvalue weighted by molar-refractivity contribution is 0.231. The highest BCUT2D eigenvalue weighted by atomic mass is 16.5. The van der Waals surface area contributed by atoms with Gasteiger partial charge in [0.15, 0.2) is 0 Å². The molecule has 4 rings (SSSR count). The summed E-state index contributed by atoms with van der Waals surface area (Å²) >= 11 is 0. The van der Waals surface area contributed by atoms with Crippen LogP contribution in [-0.2, 0) is 6.42 Å². The molecule has 1 unspecified atom stereocenters. The molecule has 1 atom stereocenters. The van der Waals surface area contributed by atoms with Crippen molar-refractivity contribution in [2.45, 2.75) is 38.1 Å². The highest BCUT2D eigenvalue weighted by Crippen LogP contribution is 2.31. The molecule has 0 saturated carbocycles. The predicted octanol–water partition coefficient (Wildman–Crippen LogP) is 4.36. The zero-order valence-electron chi connectivity index (χ0n) is 16.3. The number of carbonyl (C=O) groups excluding carboxylic acids is 1. The number of carbonyl (C=O) groups is 1. The molecule has 2 aliphatic heterocycles. The normalized spacial score (nSPS) is 19.4.